The van der Waals surface area contributed by atoms with Gasteiger partial charge in [-0.05, 0) is 38.3 Å². The van der Waals surface area contributed by atoms with Crippen molar-refractivity contribution in [3.8, 4) is 0 Å². The molecule has 1 unspecified atom stereocenters. The van der Waals surface area contributed by atoms with Crippen LogP contribution in [0.2, 0.25) is 0 Å². The van der Waals surface area contributed by atoms with Gasteiger partial charge in [0.05, 0.1) is 22.4 Å². The molecule has 0 radical (unpaired) electrons. The first-order valence-electron chi connectivity index (χ1n) is 6.48. The molecule has 0 aliphatic carbocycles. The Morgan fingerprint density at radius 3 is 2.43 bits per heavy atom. The van der Waals surface area contributed by atoms with Gasteiger partial charge in [-0.25, -0.2) is 13.0 Å². The van der Waals surface area contributed by atoms with E-state index in [-0.39, 0.29) is 18.4 Å². The minimum Gasteiger partial charge on any atom is -0.396 e. The van der Waals surface area contributed by atoms with Crippen LogP contribution in [0.1, 0.15) is 32.3 Å². The van der Waals surface area contributed by atoms with Gasteiger partial charge in [-0.2, -0.15) is 0 Å². The first-order chi connectivity index (χ1) is 9.70. The molecular weight excluding hydrogens is 303 g/mol. The van der Waals surface area contributed by atoms with E-state index in [4.69, 9.17) is 5.14 Å². The number of alkyl halides is 1. The molecule has 0 aliphatic rings. The van der Waals surface area contributed by atoms with Crippen molar-refractivity contribution in [1.29, 1.82) is 0 Å². The Labute approximate surface area is 124 Å². The van der Waals surface area contributed by atoms with Crippen molar-refractivity contribution in [2.75, 3.05) is 13.3 Å². The maximum atomic E-state index is 14.1. The van der Waals surface area contributed by atoms with Crippen LogP contribution < -0.4 is 5.14 Å². The molecule has 0 saturated heterocycles. The molecular formula is C14H20F3NO2S. The highest BCUT2D eigenvalue weighted by molar-refractivity contribution is 7.84. The Morgan fingerprint density at radius 2 is 1.95 bits per heavy atom. The average molecular weight is 323 g/mol. The normalized spacial score (nSPS) is 16.5. The van der Waals surface area contributed by atoms with E-state index in [1.165, 1.54) is 12.1 Å². The number of nitrogens with two attached hydrogens (primary N) is 1. The molecule has 0 heterocycles. The highest BCUT2D eigenvalue weighted by atomic mass is 32.2. The van der Waals surface area contributed by atoms with Crippen LogP contribution in [0.4, 0.5) is 13.2 Å². The molecule has 3 N–H and O–H groups in total. The molecule has 1 aromatic rings. The number of rotatable bonds is 7. The molecule has 0 saturated carbocycles. The first-order valence-corrected chi connectivity index (χ1v) is 7.69. The molecule has 1 rings (SSSR count). The van der Waals surface area contributed by atoms with Crippen LogP contribution in [0.5, 0.6) is 0 Å². The largest absolute Gasteiger partial charge is 0.396 e. The molecule has 1 aromatic carbocycles. The highest BCUT2D eigenvalue weighted by Gasteiger charge is 2.42. The predicted molar refractivity (Wildman–Crippen MR) is 76.7 cm³/mol. The lowest BCUT2D eigenvalue weighted by molar-refractivity contribution is 0.183. The van der Waals surface area contributed by atoms with E-state index in [0.717, 1.165) is 6.07 Å². The van der Waals surface area contributed by atoms with Gasteiger partial charge in [-0.3, -0.25) is 9.53 Å². The van der Waals surface area contributed by atoms with E-state index in [1.54, 1.807) is 13.8 Å². The fraction of sp³-hybridized carbons (Fsp3) is 0.571. The molecule has 7 heteroatoms. The van der Waals surface area contributed by atoms with E-state index in [1.807, 2.05) is 0 Å². The number of aliphatic hydroxyl groups excluding tert-OH is 1. The van der Waals surface area contributed by atoms with Crippen molar-refractivity contribution in [3.63, 3.8) is 0 Å². The van der Waals surface area contributed by atoms with E-state index in [9.17, 15) is 22.5 Å². The van der Waals surface area contributed by atoms with Crippen LogP contribution in [0.25, 0.3) is 0 Å². The smallest absolute Gasteiger partial charge is 0.162 e. The van der Waals surface area contributed by atoms with E-state index >= 15 is 0 Å². The fourth-order valence-electron chi connectivity index (χ4n) is 2.52. The van der Waals surface area contributed by atoms with Crippen LogP contribution in [0.3, 0.4) is 0 Å². The third kappa shape index (κ3) is 3.84. The monoisotopic (exact) mass is 323 g/mol. The Morgan fingerprint density at radius 1 is 1.33 bits per heavy atom. The summed E-state index contributed by atoms with van der Waals surface area (Å²) >= 11 is 0. The zero-order valence-electron chi connectivity index (χ0n) is 12.0. The zero-order chi connectivity index (χ0) is 16.3. The first kappa shape index (κ1) is 18.1. The quantitative estimate of drug-likeness (QED) is 0.809. The van der Waals surface area contributed by atoms with Gasteiger partial charge in [0.25, 0.3) is 0 Å². The van der Waals surface area contributed by atoms with Crippen molar-refractivity contribution < 1.29 is 22.5 Å². The molecule has 2 atom stereocenters. The van der Waals surface area contributed by atoms with Crippen LogP contribution in [0, 0.1) is 11.6 Å². The van der Waals surface area contributed by atoms with Crippen molar-refractivity contribution in [2.24, 2.45) is 5.14 Å². The lowest BCUT2D eigenvalue weighted by Gasteiger charge is -2.37. The van der Waals surface area contributed by atoms with E-state index in [2.05, 4.69) is 0 Å². The van der Waals surface area contributed by atoms with Gasteiger partial charge in [-0.15, -0.1) is 0 Å². The number of aliphatic hydroxyl groups is 1. The number of hydrogen-bond acceptors (Lipinski definition) is 2. The highest BCUT2D eigenvalue weighted by Crippen LogP contribution is 2.39. The summed E-state index contributed by atoms with van der Waals surface area (Å²) in [5, 5.41) is 14.6. The second-order valence-electron chi connectivity index (χ2n) is 5.72. The van der Waals surface area contributed by atoms with Crippen molar-refractivity contribution in [1.82, 2.24) is 0 Å². The third-order valence-corrected chi connectivity index (χ3v) is 4.91. The Bertz CT molecular complexity index is 525. The average Bonchev–Trinajstić information content (AvgIpc) is 2.41. The number of hydrogen-bond donors (Lipinski definition) is 2. The number of benzene rings is 1. The summed E-state index contributed by atoms with van der Waals surface area (Å²) in [6.45, 7) is 1.69. The van der Waals surface area contributed by atoms with Crippen LogP contribution in [-0.2, 0) is 16.4 Å². The molecule has 0 aromatic heterocycles. The Hall–Kier alpha value is -0.920. The molecule has 120 valence electrons. The molecule has 3 nitrogen and oxygen atoms in total. The summed E-state index contributed by atoms with van der Waals surface area (Å²) in [6.07, 6.45) is -0.203. The molecule has 0 amide bonds. The van der Waals surface area contributed by atoms with Gasteiger partial charge in [0.2, 0.25) is 0 Å². The van der Waals surface area contributed by atoms with Gasteiger partial charge >= 0.3 is 0 Å². The second kappa shape index (κ2) is 6.89. The molecule has 0 bridgehead atoms. The molecule has 0 aliphatic heterocycles. The SMILES string of the molecule is CC(C)(C[C@@](CF)(CCO)c1cccc(F)c1F)S(N)=O. The van der Waals surface area contributed by atoms with Gasteiger partial charge in [0, 0.05) is 12.0 Å². The standard InChI is InChI=1S/C14H20F3NO2S/c1-13(2,21(18)20)8-14(9-15,6-7-19)10-4-3-5-11(16)12(10)17/h3-5,19H,6-9,18H2,1-2H3/t14-,21?/m1/s1. The third-order valence-electron chi connectivity index (χ3n) is 3.68. The summed E-state index contributed by atoms with van der Waals surface area (Å²) in [4.78, 5) is 0. The lowest BCUT2D eigenvalue weighted by Crippen LogP contribution is -2.43. The summed E-state index contributed by atoms with van der Waals surface area (Å²) in [5.74, 6) is -2.24. The summed E-state index contributed by atoms with van der Waals surface area (Å²) in [7, 11) is -1.78. The Kier molecular flexibility index (Phi) is 5.95. The molecule has 0 fully saturated rings. The second-order valence-corrected chi connectivity index (χ2v) is 7.42. The van der Waals surface area contributed by atoms with Crippen molar-refractivity contribution in [2.45, 2.75) is 36.9 Å². The van der Waals surface area contributed by atoms with Crippen LogP contribution in [0.15, 0.2) is 18.2 Å². The fourth-order valence-corrected chi connectivity index (χ4v) is 2.94. The van der Waals surface area contributed by atoms with E-state index in [0.29, 0.717) is 0 Å². The minimum atomic E-state index is -1.78. The predicted octanol–water partition coefficient (Wildman–Crippen LogP) is 2.35. The van der Waals surface area contributed by atoms with Gasteiger partial charge in [0.1, 0.15) is 0 Å². The van der Waals surface area contributed by atoms with Gasteiger partial charge < -0.3 is 5.11 Å². The zero-order valence-corrected chi connectivity index (χ0v) is 12.9. The van der Waals surface area contributed by atoms with E-state index < -0.39 is 46.1 Å². The van der Waals surface area contributed by atoms with Crippen LogP contribution >= 0.6 is 0 Å². The molecule has 21 heavy (non-hydrogen) atoms. The van der Waals surface area contributed by atoms with Crippen molar-refractivity contribution >= 4 is 11.0 Å². The minimum absolute atomic E-state index is 0.0828. The van der Waals surface area contributed by atoms with Crippen LogP contribution in [-0.4, -0.2) is 27.3 Å². The number of halogens is 3. The van der Waals surface area contributed by atoms with Gasteiger partial charge in [0.15, 0.2) is 11.6 Å². The summed E-state index contributed by atoms with van der Waals surface area (Å²) in [6, 6.07) is 3.50. The Balaban J connectivity index is 3.39. The maximum absolute atomic E-state index is 14.1. The maximum Gasteiger partial charge on any atom is 0.162 e. The lowest BCUT2D eigenvalue weighted by atomic mass is 9.72. The topological polar surface area (TPSA) is 63.3 Å². The van der Waals surface area contributed by atoms with Crippen molar-refractivity contribution in [3.05, 3.63) is 35.4 Å². The summed E-state index contributed by atoms with van der Waals surface area (Å²) < 4.78 is 51.8. The molecule has 0 spiro atoms. The van der Waals surface area contributed by atoms with Gasteiger partial charge in [-0.1, -0.05) is 12.1 Å². The summed E-state index contributed by atoms with van der Waals surface area (Å²) in [5.41, 5.74) is -1.64.